The molecular formula is C7H7N4O. The van der Waals surface area contributed by atoms with Gasteiger partial charge in [-0.2, -0.15) is 0 Å². The molecule has 0 amide bonds. The van der Waals surface area contributed by atoms with Gasteiger partial charge in [-0.1, -0.05) is 0 Å². The molecule has 0 unspecified atom stereocenters. The van der Waals surface area contributed by atoms with Crippen LogP contribution < -0.4 is 0 Å². The van der Waals surface area contributed by atoms with E-state index in [1.807, 2.05) is 0 Å². The predicted octanol–water partition coefficient (Wildman–Crippen LogP) is 0.0709. The van der Waals surface area contributed by atoms with Crippen molar-refractivity contribution in [1.82, 2.24) is 19.6 Å². The third kappa shape index (κ3) is 1.04. The first-order valence-electron chi connectivity index (χ1n) is 3.46. The fourth-order valence-corrected chi connectivity index (χ4v) is 0.989. The fraction of sp³-hybridized carbons (Fsp3) is 0.286. The summed E-state index contributed by atoms with van der Waals surface area (Å²) in [7, 11) is 1.63. The lowest BCUT2D eigenvalue weighted by atomic mass is 10.4. The maximum Gasteiger partial charge on any atom is 0.255 e. The fourth-order valence-electron chi connectivity index (χ4n) is 0.989. The van der Waals surface area contributed by atoms with Crippen LogP contribution in [0.3, 0.4) is 0 Å². The summed E-state index contributed by atoms with van der Waals surface area (Å²) in [6, 6.07) is 2.95. The minimum Gasteiger partial charge on any atom is -0.378 e. The Kier molecular flexibility index (Phi) is 1.71. The zero-order valence-corrected chi connectivity index (χ0v) is 6.56. The Hall–Kier alpha value is -1.49. The Bertz CT molecular complexity index is 384. The molecule has 0 fully saturated rings. The largest absolute Gasteiger partial charge is 0.378 e. The van der Waals surface area contributed by atoms with Gasteiger partial charge in [0.05, 0.1) is 12.3 Å². The first-order valence-corrected chi connectivity index (χ1v) is 3.46. The van der Waals surface area contributed by atoms with Crippen LogP contribution in [-0.4, -0.2) is 26.7 Å². The van der Waals surface area contributed by atoms with Crippen LogP contribution in [0.4, 0.5) is 0 Å². The number of hydrogen-bond donors (Lipinski definition) is 0. The summed E-state index contributed by atoms with van der Waals surface area (Å²) in [6.07, 6.45) is 3.16. The zero-order chi connectivity index (χ0) is 8.39. The number of fused-ring (bicyclic) bond motifs is 1. The zero-order valence-electron chi connectivity index (χ0n) is 6.56. The van der Waals surface area contributed by atoms with Crippen LogP contribution in [0.1, 0.15) is 5.69 Å². The Morgan fingerprint density at radius 3 is 3.42 bits per heavy atom. The highest BCUT2D eigenvalue weighted by molar-refractivity contribution is 5.26. The molecule has 5 nitrogen and oxygen atoms in total. The minimum atomic E-state index is 0.483. The van der Waals surface area contributed by atoms with Gasteiger partial charge < -0.3 is 4.74 Å². The van der Waals surface area contributed by atoms with Crippen molar-refractivity contribution in [2.45, 2.75) is 6.61 Å². The summed E-state index contributed by atoms with van der Waals surface area (Å²) >= 11 is 0. The SMILES string of the molecule is COCc1[c]cnc2nncn12. The second-order valence-electron chi connectivity index (χ2n) is 2.28. The van der Waals surface area contributed by atoms with E-state index in [9.17, 15) is 0 Å². The Morgan fingerprint density at radius 1 is 1.67 bits per heavy atom. The molecule has 0 bridgehead atoms. The second kappa shape index (κ2) is 2.86. The number of ether oxygens (including phenoxy) is 1. The van der Waals surface area contributed by atoms with E-state index in [1.54, 1.807) is 24.0 Å². The summed E-state index contributed by atoms with van der Waals surface area (Å²) < 4.78 is 6.71. The van der Waals surface area contributed by atoms with Gasteiger partial charge in [0.15, 0.2) is 0 Å². The quantitative estimate of drug-likeness (QED) is 0.628. The Morgan fingerprint density at radius 2 is 2.58 bits per heavy atom. The van der Waals surface area contributed by atoms with Crippen molar-refractivity contribution >= 4 is 5.78 Å². The third-order valence-corrected chi connectivity index (χ3v) is 1.51. The van der Waals surface area contributed by atoms with Crippen LogP contribution in [0.5, 0.6) is 0 Å². The van der Waals surface area contributed by atoms with Crippen molar-refractivity contribution in [3.8, 4) is 0 Å². The Labute approximate surface area is 69.0 Å². The van der Waals surface area contributed by atoms with E-state index in [4.69, 9.17) is 4.74 Å². The highest BCUT2D eigenvalue weighted by Crippen LogP contribution is 2.00. The molecule has 61 valence electrons. The van der Waals surface area contributed by atoms with Crippen LogP contribution in [0.25, 0.3) is 5.78 Å². The van der Waals surface area contributed by atoms with E-state index >= 15 is 0 Å². The molecule has 0 aromatic carbocycles. The van der Waals surface area contributed by atoms with E-state index in [0.29, 0.717) is 12.4 Å². The maximum absolute atomic E-state index is 4.97. The van der Waals surface area contributed by atoms with E-state index in [1.165, 1.54) is 0 Å². The lowest BCUT2D eigenvalue weighted by Gasteiger charge is -2.00. The molecule has 5 heteroatoms. The van der Waals surface area contributed by atoms with Crippen molar-refractivity contribution in [1.29, 1.82) is 0 Å². The summed E-state index contributed by atoms with van der Waals surface area (Å²) in [5.41, 5.74) is 0.868. The monoisotopic (exact) mass is 163 g/mol. The lowest BCUT2D eigenvalue weighted by Crippen LogP contribution is -1.98. The molecule has 0 atom stereocenters. The van der Waals surface area contributed by atoms with Crippen LogP contribution >= 0.6 is 0 Å². The van der Waals surface area contributed by atoms with Gasteiger partial charge in [0.2, 0.25) is 0 Å². The molecular weight excluding hydrogens is 156 g/mol. The molecule has 2 aromatic rings. The van der Waals surface area contributed by atoms with E-state index in [-0.39, 0.29) is 0 Å². The van der Waals surface area contributed by atoms with Gasteiger partial charge in [0.25, 0.3) is 5.78 Å². The summed E-state index contributed by atoms with van der Waals surface area (Å²) in [6.45, 7) is 0.483. The number of rotatable bonds is 2. The standard InChI is InChI=1S/C7H7N4O/c1-12-4-6-2-3-8-7-10-9-5-11(6)7/h3,5H,4H2,1H3. The molecule has 0 aliphatic heterocycles. The van der Waals surface area contributed by atoms with Crippen molar-refractivity contribution in [2.75, 3.05) is 7.11 Å². The topological polar surface area (TPSA) is 52.3 Å². The van der Waals surface area contributed by atoms with Gasteiger partial charge >= 0.3 is 0 Å². The highest BCUT2D eigenvalue weighted by atomic mass is 16.5. The van der Waals surface area contributed by atoms with Gasteiger partial charge in [0.1, 0.15) is 6.33 Å². The molecule has 0 aliphatic rings. The molecule has 1 radical (unpaired) electrons. The first kappa shape index (κ1) is 7.17. The molecule has 0 aliphatic carbocycles. The van der Waals surface area contributed by atoms with Crippen molar-refractivity contribution in [3.63, 3.8) is 0 Å². The number of nitrogens with zero attached hydrogens (tertiary/aromatic N) is 4. The average molecular weight is 163 g/mol. The van der Waals surface area contributed by atoms with E-state index in [2.05, 4.69) is 21.2 Å². The molecule has 0 saturated heterocycles. The molecule has 2 heterocycles. The van der Waals surface area contributed by atoms with Gasteiger partial charge in [-0.15, -0.1) is 10.2 Å². The summed E-state index contributed by atoms with van der Waals surface area (Å²) in [5, 5.41) is 7.51. The molecule has 2 rings (SSSR count). The van der Waals surface area contributed by atoms with Crippen LogP contribution in [0.2, 0.25) is 0 Å². The highest BCUT2D eigenvalue weighted by Gasteiger charge is 2.00. The second-order valence-corrected chi connectivity index (χ2v) is 2.28. The van der Waals surface area contributed by atoms with Crippen molar-refractivity contribution < 1.29 is 4.74 Å². The first-order chi connectivity index (χ1) is 5.92. The van der Waals surface area contributed by atoms with Gasteiger partial charge in [-0.25, -0.2) is 4.98 Å². The molecule has 0 spiro atoms. The number of methoxy groups -OCH3 is 1. The van der Waals surface area contributed by atoms with E-state index in [0.717, 1.165) is 5.69 Å². The number of aromatic nitrogens is 4. The van der Waals surface area contributed by atoms with Gasteiger partial charge in [-0.3, -0.25) is 4.40 Å². The smallest absolute Gasteiger partial charge is 0.255 e. The normalized spacial score (nSPS) is 10.8. The summed E-state index contributed by atoms with van der Waals surface area (Å²) in [5.74, 6) is 0.570. The molecule has 0 saturated carbocycles. The minimum absolute atomic E-state index is 0.483. The Balaban J connectivity index is 2.57. The predicted molar refractivity (Wildman–Crippen MR) is 40.3 cm³/mol. The molecule has 0 N–H and O–H groups in total. The van der Waals surface area contributed by atoms with Gasteiger partial charge in [0, 0.05) is 19.4 Å². The molecule has 2 aromatic heterocycles. The number of hydrogen-bond acceptors (Lipinski definition) is 4. The van der Waals surface area contributed by atoms with E-state index < -0.39 is 0 Å². The van der Waals surface area contributed by atoms with Gasteiger partial charge in [-0.05, 0) is 0 Å². The molecule has 12 heavy (non-hydrogen) atoms. The van der Waals surface area contributed by atoms with Crippen LogP contribution in [0.15, 0.2) is 12.5 Å². The third-order valence-electron chi connectivity index (χ3n) is 1.51. The van der Waals surface area contributed by atoms with Crippen molar-refractivity contribution in [3.05, 3.63) is 24.3 Å². The maximum atomic E-state index is 4.97. The lowest BCUT2D eigenvalue weighted by molar-refractivity contribution is 0.180. The van der Waals surface area contributed by atoms with Crippen LogP contribution in [0, 0.1) is 6.07 Å². The van der Waals surface area contributed by atoms with Crippen LogP contribution in [-0.2, 0) is 11.3 Å². The average Bonchev–Trinajstić information content (AvgIpc) is 2.53. The summed E-state index contributed by atoms with van der Waals surface area (Å²) in [4.78, 5) is 3.96. The van der Waals surface area contributed by atoms with Crippen molar-refractivity contribution in [2.24, 2.45) is 0 Å².